The quantitative estimate of drug-likeness (QED) is 0.642. The van der Waals surface area contributed by atoms with Gasteiger partial charge in [0.1, 0.15) is 5.58 Å². The van der Waals surface area contributed by atoms with Gasteiger partial charge < -0.3 is 9.73 Å². The Hall–Kier alpha value is -1.95. The SMILES string of the molecule is Cc1ccc2c(CNC[C@@H](c3cccs3)N3CCCC3)cc(=O)oc2c1C. The molecule has 27 heavy (non-hydrogen) atoms. The maximum absolute atomic E-state index is 12.1. The van der Waals surface area contributed by atoms with Gasteiger partial charge in [0.25, 0.3) is 0 Å². The molecule has 0 saturated carbocycles. The van der Waals surface area contributed by atoms with Crippen LogP contribution >= 0.6 is 11.3 Å². The maximum Gasteiger partial charge on any atom is 0.336 e. The minimum atomic E-state index is -0.276. The van der Waals surface area contributed by atoms with Crippen LogP contribution < -0.4 is 10.9 Å². The molecule has 0 bridgehead atoms. The van der Waals surface area contributed by atoms with E-state index in [2.05, 4.69) is 39.9 Å². The normalized spacial score (nSPS) is 16.2. The van der Waals surface area contributed by atoms with E-state index >= 15 is 0 Å². The number of hydrogen-bond donors (Lipinski definition) is 1. The maximum atomic E-state index is 12.1. The lowest BCUT2D eigenvalue weighted by molar-refractivity contribution is 0.242. The van der Waals surface area contributed by atoms with Gasteiger partial charge in [0.15, 0.2) is 0 Å². The molecule has 3 heterocycles. The number of likely N-dealkylation sites (tertiary alicyclic amines) is 1. The van der Waals surface area contributed by atoms with E-state index in [4.69, 9.17) is 4.42 Å². The highest BCUT2D eigenvalue weighted by atomic mass is 32.1. The van der Waals surface area contributed by atoms with Crippen LogP contribution in [-0.4, -0.2) is 24.5 Å². The Morgan fingerprint density at radius 3 is 2.78 bits per heavy atom. The molecular formula is C22H26N2O2S. The Morgan fingerprint density at radius 2 is 2.04 bits per heavy atom. The fraction of sp³-hybridized carbons (Fsp3) is 0.409. The van der Waals surface area contributed by atoms with E-state index in [1.807, 2.05) is 25.2 Å². The molecule has 0 aliphatic carbocycles. The molecule has 1 aliphatic rings. The van der Waals surface area contributed by atoms with Crippen LogP contribution in [0.15, 0.2) is 44.9 Å². The second-order valence-electron chi connectivity index (χ2n) is 7.38. The lowest BCUT2D eigenvalue weighted by Crippen LogP contribution is -2.33. The summed E-state index contributed by atoms with van der Waals surface area (Å²) in [6, 6.07) is 10.6. The summed E-state index contributed by atoms with van der Waals surface area (Å²) in [6.07, 6.45) is 2.57. The van der Waals surface area contributed by atoms with Crippen molar-refractivity contribution in [3.8, 4) is 0 Å². The van der Waals surface area contributed by atoms with Gasteiger partial charge in [-0.2, -0.15) is 0 Å². The number of nitrogens with one attached hydrogen (secondary N) is 1. The van der Waals surface area contributed by atoms with Crippen molar-refractivity contribution in [3.05, 3.63) is 67.7 Å². The van der Waals surface area contributed by atoms with E-state index in [1.165, 1.54) is 30.8 Å². The first-order chi connectivity index (χ1) is 13.1. The van der Waals surface area contributed by atoms with Gasteiger partial charge in [0.05, 0.1) is 6.04 Å². The third kappa shape index (κ3) is 3.86. The molecule has 1 N–H and O–H groups in total. The number of aryl methyl sites for hydroxylation is 2. The smallest absolute Gasteiger partial charge is 0.336 e. The minimum absolute atomic E-state index is 0.276. The van der Waals surface area contributed by atoms with E-state index in [0.29, 0.717) is 18.2 Å². The van der Waals surface area contributed by atoms with Gasteiger partial charge in [-0.25, -0.2) is 4.79 Å². The predicted molar refractivity (Wildman–Crippen MR) is 112 cm³/mol. The molecule has 0 amide bonds. The van der Waals surface area contributed by atoms with Crippen LogP contribution in [0, 0.1) is 13.8 Å². The first kappa shape index (κ1) is 18.4. The molecule has 1 aromatic carbocycles. The van der Waals surface area contributed by atoms with Gasteiger partial charge in [0, 0.05) is 29.4 Å². The van der Waals surface area contributed by atoms with Crippen molar-refractivity contribution in [3.63, 3.8) is 0 Å². The summed E-state index contributed by atoms with van der Waals surface area (Å²) in [4.78, 5) is 16.0. The molecule has 5 heteroatoms. The molecule has 0 spiro atoms. The molecule has 1 aliphatic heterocycles. The minimum Gasteiger partial charge on any atom is -0.422 e. The zero-order chi connectivity index (χ0) is 18.8. The van der Waals surface area contributed by atoms with E-state index in [-0.39, 0.29) is 5.63 Å². The van der Waals surface area contributed by atoms with E-state index < -0.39 is 0 Å². The number of thiophene rings is 1. The second-order valence-corrected chi connectivity index (χ2v) is 8.36. The van der Waals surface area contributed by atoms with Crippen molar-refractivity contribution < 1.29 is 4.42 Å². The zero-order valence-electron chi connectivity index (χ0n) is 16.0. The zero-order valence-corrected chi connectivity index (χ0v) is 16.8. The second kappa shape index (κ2) is 7.97. The third-order valence-corrected chi connectivity index (χ3v) is 6.60. The predicted octanol–water partition coefficient (Wildman–Crippen LogP) is 4.40. The van der Waals surface area contributed by atoms with Crippen molar-refractivity contribution in [2.45, 2.75) is 39.3 Å². The summed E-state index contributed by atoms with van der Waals surface area (Å²) in [6.45, 7) is 7.94. The lowest BCUT2D eigenvalue weighted by Gasteiger charge is -2.27. The highest BCUT2D eigenvalue weighted by Gasteiger charge is 2.24. The van der Waals surface area contributed by atoms with Gasteiger partial charge in [-0.1, -0.05) is 18.2 Å². The Kier molecular flexibility index (Phi) is 5.43. The third-order valence-electron chi connectivity index (χ3n) is 5.62. The van der Waals surface area contributed by atoms with E-state index in [0.717, 1.165) is 28.6 Å². The largest absolute Gasteiger partial charge is 0.422 e. The number of hydrogen-bond acceptors (Lipinski definition) is 5. The molecule has 142 valence electrons. The Labute approximate surface area is 163 Å². The molecule has 3 aromatic rings. The number of benzene rings is 1. The highest BCUT2D eigenvalue weighted by molar-refractivity contribution is 7.10. The van der Waals surface area contributed by atoms with Crippen LogP contribution in [-0.2, 0) is 6.54 Å². The summed E-state index contributed by atoms with van der Waals surface area (Å²) < 4.78 is 5.49. The fourth-order valence-corrected chi connectivity index (χ4v) is 4.82. The van der Waals surface area contributed by atoms with Crippen molar-refractivity contribution in [1.29, 1.82) is 0 Å². The fourth-order valence-electron chi connectivity index (χ4n) is 3.96. The van der Waals surface area contributed by atoms with E-state index in [1.54, 1.807) is 6.07 Å². The molecule has 2 aromatic heterocycles. The monoisotopic (exact) mass is 382 g/mol. The summed E-state index contributed by atoms with van der Waals surface area (Å²) in [5.41, 5.74) is 3.63. The van der Waals surface area contributed by atoms with Gasteiger partial charge in [-0.3, -0.25) is 4.90 Å². The van der Waals surface area contributed by atoms with Crippen LogP contribution in [0.4, 0.5) is 0 Å². The first-order valence-electron chi connectivity index (χ1n) is 9.64. The number of fused-ring (bicyclic) bond motifs is 1. The molecule has 1 atom stereocenters. The molecular weight excluding hydrogens is 356 g/mol. The molecule has 0 radical (unpaired) electrons. The molecule has 1 saturated heterocycles. The summed E-state index contributed by atoms with van der Waals surface area (Å²) in [5.74, 6) is 0. The first-order valence-corrected chi connectivity index (χ1v) is 10.5. The van der Waals surface area contributed by atoms with Crippen LogP contribution in [0.2, 0.25) is 0 Å². The Bertz CT molecular complexity index is 972. The summed E-state index contributed by atoms with van der Waals surface area (Å²) >= 11 is 1.83. The van der Waals surface area contributed by atoms with Crippen molar-refractivity contribution in [2.75, 3.05) is 19.6 Å². The average Bonchev–Trinajstić information content (AvgIpc) is 3.36. The molecule has 4 nitrogen and oxygen atoms in total. The van der Waals surface area contributed by atoms with Crippen molar-refractivity contribution in [1.82, 2.24) is 10.2 Å². The Morgan fingerprint density at radius 1 is 1.22 bits per heavy atom. The van der Waals surface area contributed by atoms with Gasteiger partial charge in [-0.15, -0.1) is 11.3 Å². The average molecular weight is 383 g/mol. The number of rotatable bonds is 6. The molecule has 1 fully saturated rings. The highest BCUT2D eigenvalue weighted by Crippen LogP contribution is 2.28. The van der Waals surface area contributed by atoms with Crippen LogP contribution in [0.3, 0.4) is 0 Å². The summed E-state index contributed by atoms with van der Waals surface area (Å²) in [5, 5.41) is 6.78. The molecule has 0 unspecified atom stereocenters. The van der Waals surface area contributed by atoms with Crippen molar-refractivity contribution >= 4 is 22.3 Å². The van der Waals surface area contributed by atoms with Crippen molar-refractivity contribution in [2.24, 2.45) is 0 Å². The summed E-state index contributed by atoms with van der Waals surface area (Å²) in [7, 11) is 0. The van der Waals surface area contributed by atoms with E-state index in [9.17, 15) is 4.79 Å². The van der Waals surface area contributed by atoms with Gasteiger partial charge in [0.2, 0.25) is 0 Å². The lowest BCUT2D eigenvalue weighted by atomic mass is 10.0. The van der Waals surface area contributed by atoms with Gasteiger partial charge in [-0.05, 0) is 67.9 Å². The Balaban J connectivity index is 1.54. The molecule has 4 rings (SSSR count). The van der Waals surface area contributed by atoms with Gasteiger partial charge >= 0.3 is 5.63 Å². The number of nitrogens with zero attached hydrogens (tertiary/aromatic N) is 1. The van der Waals surface area contributed by atoms with Crippen LogP contribution in [0.5, 0.6) is 0 Å². The topological polar surface area (TPSA) is 45.5 Å². The van der Waals surface area contributed by atoms with Crippen LogP contribution in [0.1, 0.15) is 40.5 Å². The van der Waals surface area contributed by atoms with Crippen LogP contribution in [0.25, 0.3) is 11.0 Å². The standard InChI is InChI=1S/C22H26N2O2S/c1-15-7-8-18-17(12-21(25)26-22(18)16(15)2)13-23-14-19(20-6-5-11-27-20)24-9-3-4-10-24/h5-8,11-12,19,23H,3-4,9-10,13-14H2,1-2H3/t19-/m0/s1.